The molecule has 0 amide bonds. The third-order valence-corrected chi connectivity index (χ3v) is 1.00. The van der Waals surface area contributed by atoms with Gasteiger partial charge in [0.15, 0.2) is 0 Å². The van der Waals surface area contributed by atoms with E-state index >= 15 is 0 Å². The van der Waals surface area contributed by atoms with E-state index in [4.69, 9.17) is 0 Å². The summed E-state index contributed by atoms with van der Waals surface area (Å²) in [6.07, 6.45) is 0. The molecular formula is C20H56O2. The second kappa shape index (κ2) is 59.5. The van der Waals surface area contributed by atoms with Crippen molar-refractivity contribution >= 4 is 11.6 Å². The Morgan fingerprint density at radius 1 is 0.364 bits per heavy atom. The summed E-state index contributed by atoms with van der Waals surface area (Å²) in [4.78, 5) is 18.9. The summed E-state index contributed by atoms with van der Waals surface area (Å²) in [5, 5.41) is 0. The van der Waals surface area contributed by atoms with Crippen LogP contribution in [0.25, 0.3) is 0 Å². The molecule has 0 aliphatic rings. The highest BCUT2D eigenvalue weighted by Crippen LogP contribution is 1.96. The second-order valence-corrected chi connectivity index (χ2v) is 3.82. The van der Waals surface area contributed by atoms with Gasteiger partial charge in [0.2, 0.25) is 0 Å². The minimum absolute atomic E-state index is 0. The first-order chi connectivity index (χ1) is 6.11. The highest BCUT2D eigenvalue weighted by atomic mass is 16.1. The maximum Gasteiger partial charge on any atom is 0.126 e. The van der Waals surface area contributed by atoms with E-state index in [9.17, 15) is 9.59 Å². The van der Waals surface area contributed by atoms with Crippen LogP contribution in [-0.4, -0.2) is 11.6 Å². The monoisotopic (exact) mass is 328 g/mol. The molecule has 0 aliphatic carbocycles. The van der Waals surface area contributed by atoms with Crippen LogP contribution in [0, 0.1) is 0 Å². The number of carbonyl (C=O) groups is 2. The van der Waals surface area contributed by atoms with Crippen molar-refractivity contribution in [2.24, 2.45) is 0 Å². The zero-order valence-electron chi connectivity index (χ0n) is 10.8. The number of allylic oxidation sites excluding steroid dienone is 2. The maximum absolute atomic E-state index is 9.44. The minimum atomic E-state index is 0. The molecule has 0 bridgehead atoms. The molecule has 0 saturated carbocycles. The van der Waals surface area contributed by atoms with E-state index in [2.05, 4.69) is 27.7 Å². The molecular weight excluding hydrogens is 272 g/mol. The standard InChI is InChI=1S/C6H12.2C3H6O.8CH4/c1-5(2)6(3)4;2*1-3(2)4;;;;;;;;/h1-4H3;2*1-2H3;8*1H4. The largest absolute Gasteiger partial charge is 0.300 e. The summed E-state index contributed by atoms with van der Waals surface area (Å²) < 4.78 is 0. The van der Waals surface area contributed by atoms with Gasteiger partial charge in [-0.1, -0.05) is 70.6 Å². The van der Waals surface area contributed by atoms with Crippen molar-refractivity contribution in [1.29, 1.82) is 0 Å². The number of hydrogen-bond donors (Lipinski definition) is 0. The van der Waals surface area contributed by atoms with Crippen LogP contribution in [-0.2, 0) is 9.59 Å². The summed E-state index contributed by atoms with van der Waals surface area (Å²) in [6, 6.07) is 0. The van der Waals surface area contributed by atoms with Crippen LogP contribution in [0.15, 0.2) is 11.1 Å². The first-order valence-corrected chi connectivity index (χ1v) is 4.66. The molecule has 0 unspecified atom stereocenters. The van der Waals surface area contributed by atoms with Crippen LogP contribution >= 0.6 is 0 Å². The van der Waals surface area contributed by atoms with Crippen molar-refractivity contribution in [1.82, 2.24) is 0 Å². The maximum atomic E-state index is 9.44. The molecule has 2 nitrogen and oxygen atoms in total. The first kappa shape index (κ1) is 83.7. The van der Waals surface area contributed by atoms with E-state index < -0.39 is 0 Å². The molecule has 148 valence electrons. The van der Waals surface area contributed by atoms with Gasteiger partial charge in [-0.3, -0.25) is 0 Å². The molecule has 0 aromatic carbocycles. The molecule has 0 aromatic heterocycles. The Hall–Kier alpha value is -0.920. The Balaban J connectivity index is -0.00000000789. The Labute approximate surface area is 147 Å². The van der Waals surface area contributed by atoms with Gasteiger partial charge in [0.25, 0.3) is 0 Å². The topological polar surface area (TPSA) is 34.1 Å². The van der Waals surface area contributed by atoms with Gasteiger partial charge in [0, 0.05) is 0 Å². The fourth-order valence-corrected chi connectivity index (χ4v) is 0. The minimum Gasteiger partial charge on any atom is -0.300 e. The summed E-state index contributed by atoms with van der Waals surface area (Å²) >= 11 is 0. The lowest BCUT2D eigenvalue weighted by Crippen LogP contribution is -1.69. The van der Waals surface area contributed by atoms with Gasteiger partial charge in [-0.25, -0.2) is 0 Å². The van der Waals surface area contributed by atoms with Crippen molar-refractivity contribution in [3.63, 3.8) is 0 Å². The summed E-state index contributed by atoms with van der Waals surface area (Å²) in [6.45, 7) is 14.6. The van der Waals surface area contributed by atoms with Crippen molar-refractivity contribution in [3.8, 4) is 0 Å². The number of ketones is 2. The second-order valence-electron chi connectivity index (χ2n) is 3.82. The normalized spacial score (nSPS) is 4.55. The van der Waals surface area contributed by atoms with Gasteiger partial charge in [0.1, 0.15) is 11.6 Å². The van der Waals surface area contributed by atoms with Crippen molar-refractivity contribution in [3.05, 3.63) is 11.1 Å². The molecule has 0 radical (unpaired) electrons. The van der Waals surface area contributed by atoms with Crippen molar-refractivity contribution in [2.75, 3.05) is 0 Å². The first-order valence-electron chi connectivity index (χ1n) is 4.66. The SMILES string of the molecule is C.C.C.C.C.C.C.C.CC(C)=C(C)C.CC(C)=O.CC(C)=O. The molecule has 22 heavy (non-hydrogen) atoms. The number of rotatable bonds is 0. The highest BCUT2D eigenvalue weighted by Gasteiger charge is 1.75. The molecule has 0 spiro atoms. The van der Waals surface area contributed by atoms with E-state index in [1.54, 1.807) is 0 Å². The van der Waals surface area contributed by atoms with Gasteiger partial charge < -0.3 is 9.59 Å². The quantitative estimate of drug-likeness (QED) is 0.417. The highest BCUT2D eigenvalue weighted by molar-refractivity contribution is 5.72. The van der Waals surface area contributed by atoms with E-state index in [1.807, 2.05) is 0 Å². The average molecular weight is 329 g/mol. The molecule has 0 fully saturated rings. The Morgan fingerprint density at radius 2 is 0.409 bits per heavy atom. The molecule has 0 aliphatic heterocycles. The lowest BCUT2D eigenvalue weighted by molar-refractivity contribution is -0.115. The van der Waals surface area contributed by atoms with Crippen LogP contribution in [0.1, 0.15) is 115 Å². The van der Waals surface area contributed by atoms with Gasteiger partial charge in [-0.2, -0.15) is 0 Å². The number of hydrogen-bond acceptors (Lipinski definition) is 2. The third-order valence-electron chi connectivity index (χ3n) is 1.00. The Bertz CT molecular complexity index is 164. The van der Waals surface area contributed by atoms with Crippen LogP contribution in [0.4, 0.5) is 0 Å². The molecule has 0 atom stereocenters. The molecule has 0 N–H and O–H groups in total. The summed E-state index contributed by atoms with van der Waals surface area (Å²) in [5.74, 6) is 0.333. The van der Waals surface area contributed by atoms with E-state index in [0.717, 1.165) is 0 Å². The van der Waals surface area contributed by atoms with Crippen LogP contribution in [0.5, 0.6) is 0 Å². The van der Waals surface area contributed by atoms with Gasteiger partial charge in [-0.15, -0.1) is 0 Å². The Kier molecular flexibility index (Phi) is 226. The van der Waals surface area contributed by atoms with Gasteiger partial charge in [-0.05, 0) is 55.4 Å². The molecule has 0 saturated heterocycles. The summed E-state index contributed by atoms with van der Waals surface area (Å²) in [5.41, 5.74) is 2.85. The van der Waals surface area contributed by atoms with Crippen LogP contribution in [0.2, 0.25) is 0 Å². The fourth-order valence-electron chi connectivity index (χ4n) is 0. The van der Waals surface area contributed by atoms with E-state index in [1.165, 1.54) is 38.8 Å². The van der Waals surface area contributed by atoms with E-state index in [0.29, 0.717) is 0 Å². The lowest BCUT2D eigenvalue weighted by atomic mass is 10.2. The zero-order chi connectivity index (χ0) is 12.3. The average Bonchev–Trinajstić information content (AvgIpc) is 1.83. The summed E-state index contributed by atoms with van der Waals surface area (Å²) in [7, 11) is 0. The predicted molar refractivity (Wildman–Crippen MR) is 116 cm³/mol. The van der Waals surface area contributed by atoms with Crippen LogP contribution < -0.4 is 0 Å². The van der Waals surface area contributed by atoms with Crippen molar-refractivity contribution < 1.29 is 9.59 Å². The van der Waals surface area contributed by atoms with Gasteiger partial charge >= 0.3 is 0 Å². The third kappa shape index (κ3) is 657. The zero-order valence-corrected chi connectivity index (χ0v) is 10.8. The van der Waals surface area contributed by atoms with Crippen LogP contribution in [0.3, 0.4) is 0 Å². The number of carbonyl (C=O) groups excluding carboxylic acids is 2. The smallest absolute Gasteiger partial charge is 0.126 e. The molecule has 0 rings (SSSR count). The lowest BCUT2D eigenvalue weighted by Gasteiger charge is -1.88. The molecule has 0 heterocycles. The van der Waals surface area contributed by atoms with Gasteiger partial charge in [0.05, 0.1) is 0 Å². The Morgan fingerprint density at radius 3 is 0.409 bits per heavy atom. The molecule has 2 heteroatoms. The fraction of sp³-hybridized carbons (Fsp3) is 0.800. The molecule has 0 aromatic rings. The van der Waals surface area contributed by atoms with E-state index in [-0.39, 0.29) is 71.0 Å². The van der Waals surface area contributed by atoms with Crippen molar-refractivity contribution in [2.45, 2.75) is 115 Å². The predicted octanol–water partition coefficient (Wildman–Crippen LogP) is 8.64. The number of Topliss-reactive ketones (excluding diaryl/α,β-unsaturated/α-hetero) is 2.